The van der Waals surface area contributed by atoms with Gasteiger partial charge in [-0.2, -0.15) is 0 Å². The Balaban J connectivity index is 2.26. The summed E-state index contributed by atoms with van der Waals surface area (Å²) in [6.07, 6.45) is 8.80. The molecule has 2 N–H and O–H groups in total. The Bertz CT molecular complexity index is 644. The number of carbonyl (C=O) groups excluding carboxylic acids is 1. The molecule has 1 saturated carbocycles. The molecule has 4 heteroatoms. The molecule has 0 heterocycles. The van der Waals surface area contributed by atoms with E-state index in [1.165, 1.54) is 6.42 Å². The highest BCUT2D eigenvalue weighted by Gasteiger charge is 2.40. The number of nitrogens with one attached hydrogen (secondary N) is 1. The monoisotopic (exact) mass is 391 g/mol. The average molecular weight is 392 g/mol. The molecule has 0 unspecified atom stereocenters. The van der Waals surface area contributed by atoms with Gasteiger partial charge in [-0.25, -0.2) is 0 Å². The fourth-order valence-electron chi connectivity index (χ4n) is 4.07. The fraction of sp³-hybridized carbons (Fsp3) is 0.652. The van der Waals surface area contributed by atoms with Crippen molar-refractivity contribution in [3.63, 3.8) is 0 Å². The minimum absolute atomic E-state index is 0.106. The third kappa shape index (κ3) is 5.92. The van der Waals surface area contributed by atoms with Gasteiger partial charge in [0.15, 0.2) is 0 Å². The Labute approximate surface area is 168 Å². The van der Waals surface area contributed by atoms with Gasteiger partial charge in [0.2, 0.25) is 5.91 Å². The number of amides is 1. The maximum absolute atomic E-state index is 13.4. The van der Waals surface area contributed by atoms with Gasteiger partial charge in [0.1, 0.15) is 0 Å². The van der Waals surface area contributed by atoms with E-state index in [-0.39, 0.29) is 17.2 Å². The van der Waals surface area contributed by atoms with Crippen molar-refractivity contribution in [2.24, 2.45) is 17.3 Å². The predicted octanol–water partition coefficient (Wildman–Crippen LogP) is 6.57. The van der Waals surface area contributed by atoms with Crippen molar-refractivity contribution in [1.82, 2.24) is 0 Å². The van der Waals surface area contributed by atoms with Gasteiger partial charge in [0, 0.05) is 16.2 Å². The molecule has 0 aromatic heterocycles. The number of anilines is 1. The van der Waals surface area contributed by atoms with Gasteiger partial charge in [0.25, 0.3) is 0 Å². The van der Waals surface area contributed by atoms with Crippen LogP contribution in [0.1, 0.15) is 79.1 Å². The van der Waals surface area contributed by atoms with Crippen LogP contribution >= 0.6 is 11.4 Å². The number of aliphatic hydroxyl groups excluding tert-OH is 1. The number of hydrogen-bond acceptors (Lipinski definition) is 1. The lowest BCUT2D eigenvalue weighted by Gasteiger charge is -2.38. The number of para-hydroxylation sites is 1. The molecule has 2 rings (SSSR count). The molecule has 1 aromatic rings. The predicted molar refractivity (Wildman–Crippen MR) is 119 cm³/mol. The maximum Gasteiger partial charge on any atom is 0.230 e. The van der Waals surface area contributed by atoms with E-state index < -0.39 is 0 Å². The molecule has 0 aliphatic heterocycles. The first kappa shape index (κ1) is 22.2. The van der Waals surface area contributed by atoms with E-state index in [2.05, 4.69) is 19.2 Å². The van der Waals surface area contributed by atoms with Crippen LogP contribution in [0.15, 0.2) is 29.2 Å². The Morgan fingerprint density at radius 2 is 1.78 bits per heavy atom. The van der Waals surface area contributed by atoms with Gasteiger partial charge in [0.05, 0.1) is 10.7 Å². The molecule has 1 aromatic carbocycles. The van der Waals surface area contributed by atoms with Crippen LogP contribution in [0.25, 0.3) is 0 Å². The molecule has 1 aliphatic rings. The molecule has 3 nitrogen and oxygen atoms in total. The van der Waals surface area contributed by atoms with Crippen LogP contribution < -0.4 is 5.32 Å². The van der Waals surface area contributed by atoms with Crippen LogP contribution in [0.5, 0.6) is 0 Å². The highest BCUT2D eigenvalue weighted by Crippen LogP contribution is 2.44. The Morgan fingerprint density at radius 1 is 1.15 bits per heavy atom. The van der Waals surface area contributed by atoms with Gasteiger partial charge in [-0.1, -0.05) is 71.9 Å². The van der Waals surface area contributed by atoms with E-state index in [1.54, 1.807) is 0 Å². The zero-order valence-electron chi connectivity index (χ0n) is 17.4. The van der Waals surface area contributed by atoms with E-state index >= 15 is 0 Å². The van der Waals surface area contributed by atoms with Crippen molar-refractivity contribution in [3.8, 4) is 0 Å². The lowest BCUT2D eigenvalue weighted by molar-refractivity contribution is -0.128. The van der Waals surface area contributed by atoms with E-state index in [1.807, 2.05) is 38.1 Å². The Hall–Kier alpha value is -1.13. The summed E-state index contributed by atoms with van der Waals surface area (Å²) in [5.74, 6) is 0.899. The minimum atomic E-state index is -0.233. The minimum Gasteiger partial charge on any atom is -0.359 e. The third-order valence-electron chi connectivity index (χ3n) is 6.03. The molecule has 1 aliphatic carbocycles. The van der Waals surface area contributed by atoms with Crippen molar-refractivity contribution >= 4 is 28.0 Å². The SMILES string of the molecule is CCC(CC)CC1(C(=O)Nc2ccccc2[SH]=C(O)C(C)C)CCCCC1. The molecular formula is C23H37NO2S. The van der Waals surface area contributed by atoms with Crippen LogP contribution in [0.4, 0.5) is 5.69 Å². The lowest BCUT2D eigenvalue weighted by atomic mass is 9.67. The van der Waals surface area contributed by atoms with Crippen LogP contribution in [-0.2, 0) is 4.79 Å². The largest absolute Gasteiger partial charge is 0.359 e. The number of thiol groups is 1. The van der Waals surface area contributed by atoms with Gasteiger partial charge in [-0.3, -0.25) is 4.79 Å². The number of benzene rings is 1. The second kappa shape index (κ2) is 10.4. The van der Waals surface area contributed by atoms with Crippen LogP contribution in [0, 0.1) is 17.3 Å². The molecule has 0 bridgehead atoms. The maximum atomic E-state index is 13.4. The molecule has 27 heavy (non-hydrogen) atoms. The molecule has 0 radical (unpaired) electrons. The number of rotatable bonds is 8. The first-order valence-corrected chi connectivity index (χ1v) is 11.5. The van der Waals surface area contributed by atoms with E-state index in [0.717, 1.165) is 66.9 Å². The second-order valence-corrected chi connectivity index (χ2v) is 9.49. The topological polar surface area (TPSA) is 49.3 Å². The standard InChI is InChI=1S/C23H37NO2S/c1-5-18(6-2)16-23(14-10-7-11-15-23)22(26)24-19-12-8-9-13-20(19)27-21(25)17(3)4/h8-9,12-13,17-18,25,27H,5-7,10-11,14-16H2,1-4H3,(H,24,26). The molecule has 0 spiro atoms. The molecule has 1 fully saturated rings. The molecule has 1 amide bonds. The molecule has 0 saturated heterocycles. The summed E-state index contributed by atoms with van der Waals surface area (Å²) in [6.45, 7) is 8.44. The first-order valence-electron chi connectivity index (χ1n) is 10.6. The zero-order chi connectivity index (χ0) is 19.9. The third-order valence-corrected chi connectivity index (χ3v) is 7.41. The summed E-state index contributed by atoms with van der Waals surface area (Å²) in [5.41, 5.74) is 0.605. The number of aliphatic hydroxyl groups is 1. The van der Waals surface area contributed by atoms with Gasteiger partial charge < -0.3 is 10.4 Å². The van der Waals surface area contributed by atoms with Gasteiger partial charge in [-0.05, 0) is 37.3 Å². The van der Waals surface area contributed by atoms with Crippen LogP contribution in [-0.4, -0.2) is 16.1 Å². The summed E-state index contributed by atoms with van der Waals surface area (Å²) in [7, 11) is 0. The highest BCUT2D eigenvalue weighted by molar-refractivity contribution is 7.98. The lowest BCUT2D eigenvalue weighted by Crippen LogP contribution is -2.39. The van der Waals surface area contributed by atoms with Crippen molar-refractivity contribution in [2.75, 3.05) is 5.32 Å². The Morgan fingerprint density at radius 3 is 2.37 bits per heavy atom. The number of hydrogen-bond donors (Lipinski definition) is 3. The first-order chi connectivity index (χ1) is 12.9. The van der Waals surface area contributed by atoms with E-state index in [9.17, 15) is 9.90 Å². The van der Waals surface area contributed by atoms with Crippen molar-refractivity contribution in [2.45, 2.75) is 84.0 Å². The summed E-state index contributed by atoms with van der Waals surface area (Å²) < 4.78 is 0. The summed E-state index contributed by atoms with van der Waals surface area (Å²) in [6, 6.07) is 7.87. The quantitative estimate of drug-likeness (QED) is 0.347. The second-order valence-electron chi connectivity index (χ2n) is 8.32. The fourth-order valence-corrected chi connectivity index (χ4v) is 4.98. The highest BCUT2D eigenvalue weighted by atomic mass is 32.1. The van der Waals surface area contributed by atoms with Crippen molar-refractivity contribution in [3.05, 3.63) is 24.3 Å². The summed E-state index contributed by atoms with van der Waals surface area (Å²) in [5, 5.41) is 13.9. The smallest absolute Gasteiger partial charge is 0.230 e. The van der Waals surface area contributed by atoms with Gasteiger partial charge >= 0.3 is 0 Å². The van der Waals surface area contributed by atoms with E-state index in [0.29, 0.717) is 11.0 Å². The summed E-state index contributed by atoms with van der Waals surface area (Å²) in [4.78, 5) is 14.4. The molecule has 152 valence electrons. The zero-order valence-corrected chi connectivity index (χ0v) is 18.3. The number of carbonyl (C=O) groups is 1. The average Bonchev–Trinajstić information content (AvgIpc) is 2.68. The van der Waals surface area contributed by atoms with Gasteiger partial charge in [-0.15, -0.1) is 11.4 Å². The van der Waals surface area contributed by atoms with Crippen molar-refractivity contribution in [1.29, 1.82) is 0 Å². The van der Waals surface area contributed by atoms with E-state index in [4.69, 9.17) is 0 Å². The molecule has 0 atom stereocenters. The summed E-state index contributed by atoms with van der Waals surface area (Å²) >= 11 is 0.778. The van der Waals surface area contributed by atoms with Crippen LogP contribution in [0.2, 0.25) is 0 Å². The Kier molecular flexibility index (Phi) is 8.56. The van der Waals surface area contributed by atoms with Crippen LogP contribution in [0.3, 0.4) is 0 Å². The normalized spacial score (nSPS) is 17.7. The van der Waals surface area contributed by atoms with Crippen molar-refractivity contribution < 1.29 is 9.90 Å². The molecular weight excluding hydrogens is 354 g/mol.